The minimum Gasteiger partial charge on any atom is -0.463 e. The lowest BCUT2D eigenvalue weighted by molar-refractivity contribution is 0.601. The molecule has 6 heteroatoms. The van der Waals surface area contributed by atoms with Gasteiger partial charge in [-0.1, -0.05) is 12.1 Å². The summed E-state index contributed by atoms with van der Waals surface area (Å²) in [5.41, 5.74) is 1.92. The summed E-state index contributed by atoms with van der Waals surface area (Å²) in [6.45, 7) is 0. The predicted octanol–water partition coefficient (Wildman–Crippen LogP) is 4.14. The van der Waals surface area contributed by atoms with Crippen molar-refractivity contribution in [3.63, 3.8) is 0 Å². The van der Waals surface area contributed by atoms with E-state index in [2.05, 4.69) is 9.97 Å². The number of nitrogens with one attached hydrogen (secondary N) is 1. The Morgan fingerprint density at radius 2 is 1.96 bits per heavy atom. The Balaban J connectivity index is 1.58. The molecule has 0 unspecified atom stereocenters. The molecule has 3 aromatic heterocycles. The minimum atomic E-state index is -0.108. The van der Waals surface area contributed by atoms with Crippen molar-refractivity contribution >= 4 is 44.7 Å². The van der Waals surface area contributed by atoms with Gasteiger partial charge in [0.05, 0.1) is 16.3 Å². The van der Waals surface area contributed by atoms with Gasteiger partial charge in [-0.3, -0.25) is 9.59 Å². The van der Waals surface area contributed by atoms with E-state index in [4.69, 9.17) is 4.42 Å². The molecule has 0 atom stereocenters. The van der Waals surface area contributed by atoms with Crippen LogP contribution in [0.1, 0.15) is 34.7 Å². The monoisotopic (exact) mass is 376 g/mol. The lowest BCUT2D eigenvalue weighted by Gasteiger charge is -2.09. The normalized spacial score (nSPS) is 14.2. The highest BCUT2D eigenvalue weighted by Gasteiger charge is 2.19. The second-order valence-corrected chi connectivity index (χ2v) is 7.78. The molecule has 0 bridgehead atoms. The quantitative estimate of drug-likeness (QED) is 0.570. The Morgan fingerprint density at radius 3 is 2.89 bits per heavy atom. The van der Waals surface area contributed by atoms with Gasteiger partial charge in [0, 0.05) is 4.88 Å². The summed E-state index contributed by atoms with van der Waals surface area (Å²) in [5.74, 6) is 0.443. The summed E-state index contributed by atoms with van der Waals surface area (Å²) < 4.78 is 5.52. The standard InChI is InChI=1S/C21H16N2O3S/c24-19-12(11-26-15-7-3-1-5-13(15)19)9-10-17-22-20(25)18-14-6-2-4-8-16(14)27-21(18)23-17/h1,3,5,7,9-11H,2,4,6,8H2,(H,22,23,25)/b10-9+. The topological polar surface area (TPSA) is 76.0 Å². The summed E-state index contributed by atoms with van der Waals surface area (Å²) in [4.78, 5) is 34.6. The van der Waals surface area contributed by atoms with E-state index in [1.165, 1.54) is 23.1 Å². The molecule has 1 aliphatic rings. The lowest BCUT2D eigenvalue weighted by atomic mass is 9.97. The van der Waals surface area contributed by atoms with Crippen molar-refractivity contribution in [3.8, 4) is 0 Å². The van der Waals surface area contributed by atoms with Crippen molar-refractivity contribution in [2.75, 3.05) is 0 Å². The van der Waals surface area contributed by atoms with E-state index in [1.54, 1.807) is 41.7 Å². The molecule has 4 aromatic rings. The molecule has 0 aliphatic heterocycles. The van der Waals surface area contributed by atoms with Crippen LogP contribution >= 0.6 is 11.3 Å². The van der Waals surface area contributed by atoms with Gasteiger partial charge in [0.2, 0.25) is 0 Å². The number of benzene rings is 1. The van der Waals surface area contributed by atoms with Crippen LogP contribution in [0.25, 0.3) is 33.3 Å². The molecule has 5 nitrogen and oxygen atoms in total. The maximum atomic E-state index is 12.6. The summed E-state index contributed by atoms with van der Waals surface area (Å²) >= 11 is 1.61. The number of rotatable bonds is 2. The van der Waals surface area contributed by atoms with Gasteiger partial charge in [-0.25, -0.2) is 4.98 Å². The van der Waals surface area contributed by atoms with Gasteiger partial charge in [0.1, 0.15) is 22.5 Å². The second-order valence-electron chi connectivity index (χ2n) is 6.69. The van der Waals surface area contributed by atoms with Crippen LogP contribution in [0.2, 0.25) is 0 Å². The molecule has 1 aromatic carbocycles. The van der Waals surface area contributed by atoms with E-state index >= 15 is 0 Å². The fourth-order valence-corrected chi connectivity index (χ4v) is 4.91. The van der Waals surface area contributed by atoms with Crippen LogP contribution < -0.4 is 11.0 Å². The molecule has 0 fully saturated rings. The van der Waals surface area contributed by atoms with Gasteiger partial charge in [-0.15, -0.1) is 11.3 Å². The molecule has 1 N–H and O–H groups in total. The number of aromatic amines is 1. The van der Waals surface area contributed by atoms with Crippen LogP contribution in [0.15, 0.2) is 44.5 Å². The maximum Gasteiger partial charge on any atom is 0.260 e. The van der Waals surface area contributed by atoms with Gasteiger partial charge in [0.15, 0.2) is 5.43 Å². The van der Waals surface area contributed by atoms with E-state index in [0.717, 1.165) is 29.5 Å². The predicted molar refractivity (Wildman–Crippen MR) is 108 cm³/mol. The number of nitrogens with zero attached hydrogens (tertiary/aromatic N) is 1. The van der Waals surface area contributed by atoms with Gasteiger partial charge >= 0.3 is 0 Å². The summed E-state index contributed by atoms with van der Waals surface area (Å²) in [7, 11) is 0. The first-order valence-corrected chi connectivity index (χ1v) is 9.75. The number of para-hydroxylation sites is 1. The zero-order valence-electron chi connectivity index (χ0n) is 14.5. The average molecular weight is 376 g/mol. The highest BCUT2D eigenvalue weighted by Crippen LogP contribution is 2.33. The Kier molecular flexibility index (Phi) is 3.79. The number of H-pyrrole nitrogens is 1. The molecule has 1 aliphatic carbocycles. The van der Waals surface area contributed by atoms with Gasteiger partial charge in [-0.05, 0) is 55.5 Å². The van der Waals surface area contributed by atoms with Gasteiger partial charge in [0.25, 0.3) is 5.56 Å². The third kappa shape index (κ3) is 2.73. The molecule has 5 rings (SSSR count). The summed E-state index contributed by atoms with van der Waals surface area (Å²) in [6, 6.07) is 7.13. The van der Waals surface area contributed by atoms with Gasteiger partial charge in [-0.2, -0.15) is 0 Å². The third-order valence-electron chi connectivity index (χ3n) is 4.97. The van der Waals surface area contributed by atoms with Crippen molar-refractivity contribution in [3.05, 3.63) is 72.9 Å². The molecule has 0 amide bonds. The molecule has 27 heavy (non-hydrogen) atoms. The van der Waals surface area contributed by atoms with Crippen molar-refractivity contribution in [1.29, 1.82) is 0 Å². The molecule has 134 valence electrons. The fourth-order valence-electron chi connectivity index (χ4n) is 3.64. The largest absolute Gasteiger partial charge is 0.463 e. The van der Waals surface area contributed by atoms with Crippen molar-refractivity contribution < 1.29 is 4.42 Å². The van der Waals surface area contributed by atoms with Crippen LogP contribution in [0.5, 0.6) is 0 Å². The number of hydrogen-bond acceptors (Lipinski definition) is 5. The highest BCUT2D eigenvalue weighted by atomic mass is 32.1. The third-order valence-corrected chi connectivity index (χ3v) is 6.16. The Bertz CT molecular complexity index is 1330. The Labute approximate surface area is 158 Å². The number of thiophene rings is 1. The first-order valence-electron chi connectivity index (χ1n) is 8.94. The van der Waals surface area contributed by atoms with Gasteiger partial charge < -0.3 is 9.40 Å². The van der Waals surface area contributed by atoms with Crippen LogP contribution in [-0.2, 0) is 12.8 Å². The molecule has 0 spiro atoms. The fraction of sp³-hybridized carbons (Fsp3) is 0.190. The first kappa shape index (κ1) is 16.2. The zero-order valence-corrected chi connectivity index (χ0v) is 15.3. The van der Waals surface area contributed by atoms with Crippen LogP contribution in [0, 0.1) is 0 Å². The number of aryl methyl sites for hydroxylation is 2. The molecule has 0 saturated heterocycles. The molecule has 0 radical (unpaired) electrons. The van der Waals surface area contributed by atoms with Crippen LogP contribution in [0.3, 0.4) is 0 Å². The van der Waals surface area contributed by atoms with E-state index in [-0.39, 0.29) is 11.0 Å². The smallest absolute Gasteiger partial charge is 0.260 e. The minimum absolute atomic E-state index is 0.107. The Morgan fingerprint density at radius 1 is 1.11 bits per heavy atom. The zero-order chi connectivity index (χ0) is 18.4. The summed E-state index contributed by atoms with van der Waals surface area (Å²) in [5, 5.41) is 1.26. The molecular formula is C21H16N2O3S. The average Bonchev–Trinajstić information content (AvgIpc) is 3.06. The van der Waals surface area contributed by atoms with E-state index < -0.39 is 0 Å². The Hall–Kier alpha value is -2.99. The van der Waals surface area contributed by atoms with Crippen LogP contribution in [-0.4, -0.2) is 9.97 Å². The highest BCUT2D eigenvalue weighted by molar-refractivity contribution is 7.18. The lowest BCUT2D eigenvalue weighted by Crippen LogP contribution is -2.11. The first-order chi connectivity index (χ1) is 13.2. The number of fused-ring (bicyclic) bond motifs is 4. The SMILES string of the molecule is O=c1c(/C=C/c2nc3sc4c(c3c(=O)[nH]2)CCCC4)coc2ccccc12. The molecule has 0 saturated carbocycles. The van der Waals surface area contributed by atoms with Crippen molar-refractivity contribution in [2.45, 2.75) is 25.7 Å². The number of aromatic nitrogens is 2. The van der Waals surface area contributed by atoms with Crippen molar-refractivity contribution in [2.24, 2.45) is 0 Å². The van der Waals surface area contributed by atoms with Crippen LogP contribution in [0.4, 0.5) is 0 Å². The van der Waals surface area contributed by atoms with E-state index in [9.17, 15) is 9.59 Å². The molecule has 3 heterocycles. The summed E-state index contributed by atoms with van der Waals surface area (Å²) in [6.07, 6.45) is 8.99. The number of hydrogen-bond donors (Lipinski definition) is 1. The second kappa shape index (κ2) is 6.32. The van der Waals surface area contributed by atoms with E-state index in [1.807, 2.05) is 6.07 Å². The maximum absolute atomic E-state index is 12.6. The van der Waals surface area contributed by atoms with Crippen molar-refractivity contribution in [1.82, 2.24) is 9.97 Å². The molecular weight excluding hydrogens is 360 g/mol. The van der Waals surface area contributed by atoms with E-state index in [0.29, 0.717) is 22.4 Å².